The molecule has 4 aromatic carbocycles. The van der Waals surface area contributed by atoms with Gasteiger partial charge in [0.15, 0.2) is 0 Å². The number of ketones is 1. The third kappa shape index (κ3) is 4.37. The van der Waals surface area contributed by atoms with Crippen molar-refractivity contribution in [3.63, 3.8) is 0 Å². The number of benzene rings is 4. The zero-order valence-electron chi connectivity index (χ0n) is 17.4. The predicted molar refractivity (Wildman–Crippen MR) is 144 cm³/mol. The summed E-state index contributed by atoms with van der Waals surface area (Å²) in [6, 6.07) is 42.2. The van der Waals surface area contributed by atoms with Crippen molar-refractivity contribution in [3.8, 4) is 0 Å². The van der Waals surface area contributed by atoms with Crippen LogP contribution in [0.15, 0.2) is 121 Å². The van der Waals surface area contributed by atoms with Gasteiger partial charge in [-0.25, -0.2) is 0 Å². The molecule has 1 nitrogen and oxygen atoms in total. The standard InChI is InChI=1S/C28H26IOP/c29-31(26-15-7-2-8-16-26,27-17-9-3-10-18-27,28-19-11-4-12-20-28)23-25(30)22-21-24-13-5-1-6-14-24/h1-20H,21-23H2. The quantitative estimate of drug-likeness (QED) is 0.198. The van der Waals surface area contributed by atoms with E-state index in [0.717, 1.165) is 6.42 Å². The first kappa shape index (κ1) is 21.9. The molecule has 0 saturated heterocycles. The summed E-state index contributed by atoms with van der Waals surface area (Å²) in [5.74, 6) is 0.312. The Morgan fingerprint density at radius 3 is 1.32 bits per heavy atom. The summed E-state index contributed by atoms with van der Waals surface area (Å²) in [4.78, 5) is 13.6. The molecule has 4 rings (SSSR count). The first-order valence-corrected chi connectivity index (χ1v) is 15.8. The zero-order valence-corrected chi connectivity index (χ0v) is 20.5. The van der Waals surface area contributed by atoms with Crippen molar-refractivity contribution < 1.29 is 4.79 Å². The van der Waals surface area contributed by atoms with Gasteiger partial charge < -0.3 is 0 Å². The Labute approximate surface area is 198 Å². The number of hydrogen-bond donors (Lipinski definition) is 0. The van der Waals surface area contributed by atoms with Crippen molar-refractivity contribution in [2.24, 2.45) is 0 Å². The second-order valence-corrected chi connectivity index (χ2v) is 18.5. The summed E-state index contributed by atoms with van der Waals surface area (Å²) in [6.45, 7) is 0. The normalized spacial score (nSPS) is 12.6. The Hall–Kier alpha value is -2.29. The van der Waals surface area contributed by atoms with Crippen molar-refractivity contribution in [2.75, 3.05) is 6.16 Å². The van der Waals surface area contributed by atoms with Crippen LogP contribution in [-0.2, 0) is 11.2 Å². The van der Waals surface area contributed by atoms with Crippen LogP contribution in [0.1, 0.15) is 12.0 Å². The average molecular weight is 536 g/mol. The van der Waals surface area contributed by atoms with Crippen molar-refractivity contribution in [1.29, 1.82) is 0 Å². The Kier molecular flexibility index (Phi) is 6.69. The van der Waals surface area contributed by atoms with Crippen LogP contribution in [-0.4, -0.2) is 11.9 Å². The number of carbonyl (C=O) groups is 1. The van der Waals surface area contributed by atoms with E-state index in [1.807, 2.05) is 18.2 Å². The molecule has 0 spiro atoms. The van der Waals surface area contributed by atoms with Gasteiger partial charge in [-0.1, -0.05) is 0 Å². The van der Waals surface area contributed by atoms with Crippen molar-refractivity contribution >= 4 is 48.0 Å². The van der Waals surface area contributed by atoms with Crippen LogP contribution < -0.4 is 15.9 Å². The minimum absolute atomic E-state index is 0.312. The molecule has 0 radical (unpaired) electrons. The van der Waals surface area contributed by atoms with Gasteiger partial charge in [-0.15, -0.1) is 0 Å². The molecule has 4 aromatic rings. The molecule has 0 heterocycles. The van der Waals surface area contributed by atoms with E-state index in [0.29, 0.717) is 18.4 Å². The molecule has 0 aliphatic rings. The van der Waals surface area contributed by atoms with E-state index in [1.165, 1.54) is 21.5 Å². The van der Waals surface area contributed by atoms with Gasteiger partial charge in [-0.2, -0.15) is 0 Å². The molecular formula is C28H26IOP. The molecule has 3 heteroatoms. The molecule has 0 fully saturated rings. The molecule has 0 aliphatic heterocycles. The monoisotopic (exact) mass is 536 g/mol. The van der Waals surface area contributed by atoms with Gasteiger partial charge in [0, 0.05) is 0 Å². The summed E-state index contributed by atoms with van der Waals surface area (Å²) in [7, 11) is 0. The second-order valence-electron chi connectivity index (χ2n) is 7.87. The van der Waals surface area contributed by atoms with Gasteiger partial charge in [0.2, 0.25) is 0 Å². The zero-order chi connectivity index (χ0) is 21.6. The van der Waals surface area contributed by atoms with Crippen LogP contribution >= 0.6 is 26.3 Å². The fraction of sp³-hybridized carbons (Fsp3) is 0.107. The van der Waals surface area contributed by atoms with Gasteiger partial charge in [0.1, 0.15) is 0 Å². The van der Waals surface area contributed by atoms with Gasteiger partial charge in [-0.05, 0) is 0 Å². The van der Waals surface area contributed by atoms with E-state index < -0.39 is 4.25 Å². The Morgan fingerprint density at radius 1 is 0.581 bits per heavy atom. The number of hydrogen-bond acceptors (Lipinski definition) is 1. The third-order valence-electron chi connectivity index (χ3n) is 5.89. The molecule has 0 bridgehead atoms. The molecule has 0 unspecified atom stereocenters. The summed E-state index contributed by atoms with van der Waals surface area (Å²) >= 11 is 2.69. The van der Waals surface area contributed by atoms with Crippen LogP contribution in [0.3, 0.4) is 0 Å². The number of carbonyl (C=O) groups excluding carboxylic acids is 1. The van der Waals surface area contributed by atoms with Gasteiger partial charge in [0.05, 0.1) is 0 Å². The summed E-state index contributed by atoms with van der Waals surface area (Å²) in [5.41, 5.74) is 1.21. The van der Waals surface area contributed by atoms with Gasteiger partial charge in [0.25, 0.3) is 0 Å². The van der Waals surface area contributed by atoms with E-state index in [4.69, 9.17) is 0 Å². The molecule has 0 aliphatic carbocycles. The maximum absolute atomic E-state index is 13.6. The van der Waals surface area contributed by atoms with Crippen molar-refractivity contribution in [1.82, 2.24) is 0 Å². The molecule has 0 aromatic heterocycles. The van der Waals surface area contributed by atoms with E-state index in [2.05, 4.69) is 125 Å². The average Bonchev–Trinajstić information content (AvgIpc) is 2.85. The summed E-state index contributed by atoms with van der Waals surface area (Å²) in [5, 5.41) is 3.75. The van der Waals surface area contributed by atoms with Crippen LogP contribution in [0.2, 0.25) is 0 Å². The van der Waals surface area contributed by atoms with Gasteiger partial charge in [-0.3, -0.25) is 0 Å². The molecule has 0 N–H and O–H groups in total. The third-order valence-corrected chi connectivity index (χ3v) is 17.0. The Bertz CT molecular complexity index is 1030. The van der Waals surface area contributed by atoms with Crippen LogP contribution in [0.25, 0.3) is 0 Å². The molecular weight excluding hydrogens is 510 g/mol. The maximum atomic E-state index is 13.6. The first-order valence-electron chi connectivity index (χ1n) is 10.6. The molecule has 0 atom stereocenters. The minimum atomic E-state index is -3.02. The number of aryl methyl sites for hydroxylation is 1. The topological polar surface area (TPSA) is 17.1 Å². The number of Topliss-reactive ketones (excluding diaryl/α,β-unsaturated/α-hetero) is 1. The summed E-state index contributed by atoms with van der Waals surface area (Å²) < 4.78 is -3.02. The fourth-order valence-electron chi connectivity index (χ4n) is 4.28. The molecule has 0 amide bonds. The van der Waals surface area contributed by atoms with Crippen LogP contribution in [0, 0.1) is 0 Å². The molecule has 0 saturated carbocycles. The van der Waals surface area contributed by atoms with E-state index in [1.54, 1.807) is 0 Å². The van der Waals surface area contributed by atoms with Crippen LogP contribution in [0.5, 0.6) is 0 Å². The SMILES string of the molecule is O=C(CCc1ccccc1)CP(I)(c1ccccc1)(c1ccccc1)c1ccccc1. The fourth-order valence-corrected chi connectivity index (χ4v) is 13.0. The van der Waals surface area contributed by atoms with Crippen molar-refractivity contribution in [3.05, 3.63) is 127 Å². The Morgan fingerprint density at radius 2 is 0.935 bits per heavy atom. The summed E-state index contributed by atoms with van der Waals surface area (Å²) in [6.07, 6.45) is 1.86. The molecule has 31 heavy (non-hydrogen) atoms. The van der Waals surface area contributed by atoms with Crippen LogP contribution in [0.4, 0.5) is 0 Å². The number of halogens is 1. The van der Waals surface area contributed by atoms with E-state index >= 15 is 0 Å². The van der Waals surface area contributed by atoms with Crippen molar-refractivity contribution in [2.45, 2.75) is 12.8 Å². The van der Waals surface area contributed by atoms with Gasteiger partial charge >= 0.3 is 199 Å². The molecule has 156 valence electrons. The first-order chi connectivity index (χ1) is 15.1. The van der Waals surface area contributed by atoms with E-state index in [9.17, 15) is 4.79 Å². The second kappa shape index (κ2) is 9.46. The Balaban J connectivity index is 1.83. The van der Waals surface area contributed by atoms with E-state index in [-0.39, 0.29) is 0 Å². The number of rotatable bonds is 8. The predicted octanol–water partition coefficient (Wildman–Crippen LogP) is 6.07.